The van der Waals surface area contributed by atoms with E-state index in [-0.39, 0.29) is 11.4 Å². The van der Waals surface area contributed by atoms with Crippen LogP contribution >= 0.6 is 0 Å². The molecule has 23 heavy (non-hydrogen) atoms. The van der Waals surface area contributed by atoms with E-state index >= 15 is 0 Å². The Labute approximate surface area is 129 Å². The Bertz CT molecular complexity index is 962. The highest BCUT2D eigenvalue weighted by atomic mass is 19.1. The van der Waals surface area contributed by atoms with E-state index in [1.165, 1.54) is 35.1 Å². The Kier molecular flexibility index (Phi) is 3.45. The molecule has 2 N–H and O–H groups in total. The van der Waals surface area contributed by atoms with E-state index in [9.17, 15) is 14.0 Å². The van der Waals surface area contributed by atoms with E-state index in [1.807, 2.05) is 0 Å². The lowest BCUT2D eigenvalue weighted by atomic mass is 10.1. The highest BCUT2D eigenvalue weighted by molar-refractivity contribution is 5.90. The molecule has 0 radical (unpaired) electrons. The number of hydrogen-bond acceptors (Lipinski definition) is 5. The highest BCUT2D eigenvalue weighted by Crippen LogP contribution is 2.22. The van der Waals surface area contributed by atoms with Crippen molar-refractivity contribution in [2.75, 3.05) is 0 Å². The molecule has 2 aromatic heterocycles. The fraction of sp³-hybridized carbons (Fsp3) is 0.0714. The summed E-state index contributed by atoms with van der Waals surface area (Å²) in [6.07, 6.45) is 1.51. The van der Waals surface area contributed by atoms with Crippen LogP contribution in [-0.2, 0) is 7.05 Å². The summed E-state index contributed by atoms with van der Waals surface area (Å²) in [5.74, 6) is -1.48. The monoisotopic (exact) mass is 314 g/mol. The molecule has 0 bridgehead atoms. The van der Waals surface area contributed by atoms with E-state index in [0.29, 0.717) is 11.3 Å². The first-order chi connectivity index (χ1) is 11.0. The van der Waals surface area contributed by atoms with Crippen molar-refractivity contribution in [2.24, 2.45) is 12.8 Å². The van der Waals surface area contributed by atoms with E-state index in [2.05, 4.69) is 15.4 Å². The number of rotatable bonds is 3. The second-order valence-corrected chi connectivity index (χ2v) is 4.74. The van der Waals surface area contributed by atoms with Gasteiger partial charge in [0.2, 0.25) is 0 Å². The topological polar surface area (TPSA) is 109 Å². The zero-order valence-corrected chi connectivity index (χ0v) is 12.0. The second kappa shape index (κ2) is 5.44. The van der Waals surface area contributed by atoms with Crippen LogP contribution in [0.2, 0.25) is 0 Å². The van der Waals surface area contributed by atoms with E-state index < -0.39 is 17.3 Å². The molecule has 1 aromatic carbocycles. The summed E-state index contributed by atoms with van der Waals surface area (Å²) in [5.41, 5.74) is 5.53. The third-order valence-corrected chi connectivity index (χ3v) is 3.24. The maximum absolute atomic E-state index is 14.2. The molecule has 3 aromatic rings. The van der Waals surface area contributed by atoms with Crippen molar-refractivity contribution in [3.05, 3.63) is 58.4 Å². The highest BCUT2D eigenvalue weighted by Gasteiger charge is 2.13. The first kappa shape index (κ1) is 14.6. The average Bonchev–Trinajstić information content (AvgIpc) is 2.94. The van der Waals surface area contributed by atoms with Crippen LogP contribution in [-0.4, -0.2) is 30.7 Å². The quantitative estimate of drug-likeness (QED) is 0.746. The van der Waals surface area contributed by atoms with Crippen LogP contribution in [0.15, 0.2) is 41.3 Å². The molecule has 1 amide bonds. The second-order valence-electron chi connectivity index (χ2n) is 4.74. The van der Waals surface area contributed by atoms with Gasteiger partial charge in [-0.05, 0) is 24.3 Å². The smallest absolute Gasteiger partial charge is 0.271 e. The van der Waals surface area contributed by atoms with Crippen LogP contribution in [0, 0.1) is 5.82 Å². The number of amides is 1. The van der Waals surface area contributed by atoms with Gasteiger partial charge in [0, 0.05) is 18.7 Å². The summed E-state index contributed by atoms with van der Waals surface area (Å²) in [4.78, 5) is 23.2. The number of nitrogens with zero attached hydrogens (tertiary/aromatic N) is 5. The normalized spacial score (nSPS) is 10.7. The van der Waals surface area contributed by atoms with Crippen LogP contribution in [0.3, 0.4) is 0 Å². The van der Waals surface area contributed by atoms with Crippen molar-refractivity contribution in [1.29, 1.82) is 0 Å². The van der Waals surface area contributed by atoms with Crippen molar-refractivity contribution in [3.63, 3.8) is 0 Å². The fourth-order valence-electron chi connectivity index (χ4n) is 2.10. The first-order valence-electron chi connectivity index (χ1n) is 6.52. The molecule has 116 valence electrons. The summed E-state index contributed by atoms with van der Waals surface area (Å²) < 4.78 is 16.5. The number of primary amides is 1. The van der Waals surface area contributed by atoms with Gasteiger partial charge in [-0.2, -0.15) is 9.78 Å². The average molecular weight is 314 g/mol. The Hall–Kier alpha value is -3.36. The van der Waals surface area contributed by atoms with Gasteiger partial charge in [0.25, 0.3) is 11.5 Å². The Morgan fingerprint density at radius 1 is 1.26 bits per heavy atom. The Morgan fingerprint density at radius 2 is 2.04 bits per heavy atom. The van der Waals surface area contributed by atoms with Crippen LogP contribution in [0.25, 0.3) is 16.9 Å². The number of carbonyl (C=O) groups excluding carboxylic acids is 1. The zero-order valence-electron chi connectivity index (χ0n) is 12.0. The molecule has 0 atom stereocenters. The van der Waals surface area contributed by atoms with Crippen molar-refractivity contribution in [2.45, 2.75) is 0 Å². The van der Waals surface area contributed by atoms with Crippen molar-refractivity contribution >= 4 is 5.91 Å². The summed E-state index contributed by atoms with van der Waals surface area (Å²) in [6.45, 7) is 0. The molecule has 0 unspecified atom stereocenters. The number of aryl methyl sites for hydroxylation is 1. The zero-order chi connectivity index (χ0) is 16.6. The molecule has 8 nitrogen and oxygen atoms in total. The SMILES string of the molecule is Cn1nncc1-c1ccc(F)c(-n2nc(C(N)=O)ccc2=O)c1. The molecule has 0 spiro atoms. The predicted molar refractivity (Wildman–Crippen MR) is 78.3 cm³/mol. The van der Waals surface area contributed by atoms with Gasteiger partial charge in [-0.15, -0.1) is 5.10 Å². The van der Waals surface area contributed by atoms with Gasteiger partial charge in [-0.1, -0.05) is 5.21 Å². The Balaban J connectivity index is 2.21. The third-order valence-electron chi connectivity index (χ3n) is 3.24. The van der Waals surface area contributed by atoms with Crippen molar-refractivity contribution in [1.82, 2.24) is 24.8 Å². The third kappa shape index (κ3) is 2.59. The molecule has 3 rings (SSSR count). The number of nitrogens with two attached hydrogens (primary N) is 1. The van der Waals surface area contributed by atoms with Crippen LogP contribution in [0.1, 0.15) is 10.5 Å². The summed E-state index contributed by atoms with van der Waals surface area (Å²) in [6, 6.07) is 6.44. The minimum atomic E-state index is -0.814. The van der Waals surface area contributed by atoms with Gasteiger partial charge in [-0.25, -0.2) is 9.07 Å². The molecule has 0 fully saturated rings. The lowest BCUT2D eigenvalue weighted by molar-refractivity contribution is 0.0994. The lowest BCUT2D eigenvalue weighted by Gasteiger charge is -2.09. The number of halogens is 1. The molecule has 0 aliphatic rings. The molecule has 2 heterocycles. The maximum Gasteiger partial charge on any atom is 0.271 e. The minimum absolute atomic E-state index is 0.100. The first-order valence-corrected chi connectivity index (χ1v) is 6.52. The molecule has 9 heteroatoms. The van der Waals surface area contributed by atoms with Gasteiger partial charge < -0.3 is 5.73 Å². The number of hydrogen-bond donors (Lipinski definition) is 1. The van der Waals surface area contributed by atoms with Gasteiger partial charge >= 0.3 is 0 Å². The van der Waals surface area contributed by atoms with E-state index in [1.54, 1.807) is 7.05 Å². The van der Waals surface area contributed by atoms with E-state index in [0.717, 1.165) is 10.7 Å². The predicted octanol–water partition coefficient (Wildman–Crippen LogP) is 0.266. The number of carbonyl (C=O) groups is 1. The van der Waals surface area contributed by atoms with Crippen LogP contribution in [0.5, 0.6) is 0 Å². The largest absolute Gasteiger partial charge is 0.364 e. The molecule has 0 saturated carbocycles. The van der Waals surface area contributed by atoms with Gasteiger partial charge in [-0.3, -0.25) is 9.59 Å². The molecule has 0 saturated heterocycles. The molecule has 0 aliphatic heterocycles. The summed E-state index contributed by atoms with van der Waals surface area (Å²) >= 11 is 0. The standard InChI is InChI=1S/C14H11FN6O2/c1-20-12(7-17-19-20)8-2-3-9(15)11(6-8)21-13(22)5-4-10(18-21)14(16)23/h2-7H,1H3,(H2,16,23). The van der Waals surface area contributed by atoms with Gasteiger partial charge in [0.15, 0.2) is 0 Å². The molecular formula is C14H11FN6O2. The number of aromatic nitrogens is 5. The van der Waals surface area contributed by atoms with Crippen LogP contribution < -0.4 is 11.3 Å². The molecule has 0 aliphatic carbocycles. The number of benzene rings is 1. The molecular weight excluding hydrogens is 303 g/mol. The summed E-state index contributed by atoms with van der Waals surface area (Å²) in [5, 5.41) is 11.4. The van der Waals surface area contributed by atoms with Gasteiger partial charge in [0.1, 0.15) is 17.2 Å². The van der Waals surface area contributed by atoms with E-state index in [4.69, 9.17) is 5.73 Å². The fourth-order valence-corrected chi connectivity index (χ4v) is 2.10. The Morgan fingerprint density at radius 3 is 2.70 bits per heavy atom. The van der Waals surface area contributed by atoms with Crippen LogP contribution in [0.4, 0.5) is 4.39 Å². The summed E-state index contributed by atoms with van der Waals surface area (Å²) in [7, 11) is 1.68. The van der Waals surface area contributed by atoms with Crippen molar-refractivity contribution < 1.29 is 9.18 Å². The van der Waals surface area contributed by atoms with Gasteiger partial charge in [0.05, 0.1) is 11.9 Å². The van der Waals surface area contributed by atoms with Crippen molar-refractivity contribution in [3.8, 4) is 16.9 Å². The lowest BCUT2D eigenvalue weighted by Crippen LogP contribution is -2.25. The maximum atomic E-state index is 14.2. The minimum Gasteiger partial charge on any atom is -0.364 e.